The van der Waals surface area contributed by atoms with Crippen LogP contribution in [0, 0.1) is 0 Å². The number of rotatable bonds is 5. The van der Waals surface area contributed by atoms with Crippen molar-refractivity contribution in [2.45, 2.75) is 12.8 Å². The highest BCUT2D eigenvalue weighted by atomic mass is 35.5. The monoisotopic (exact) mass is 456 g/mol. The van der Waals surface area contributed by atoms with E-state index in [0.717, 1.165) is 12.1 Å². The molecule has 2 heterocycles. The van der Waals surface area contributed by atoms with Crippen LogP contribution in [-0.4, -0.2) is 26.2 Å². The van der Waals surface area contributed by atoms with Crippen LogP contribution in [0.25, 0.3) is 17.0 Å². The molecule has 0 unspecified atom stereocenters. The van der Waals surface area contributed by atoms with Crippen molar-refractivity contribution >= 4 is 17.2 Å². The summed E-state index contributed by atoms with van der Waals surface area (Å²) in [7, 11) is 0. The second-order valence-electron chi connectivity index (χ2n) is 6.11. The zero-order valence-electron chi connectivity index (χ0n) is 15.1. The topological polar surface area (TPSA) is 61.5 Å². The molecule has 0 atom stereocenters. The number of nitrogens with zero attached hydrogens (tertiary/aromatic N) is 4. The van der Waals surface area contributed by atoms with E-state index in [-0.39, 0.29) is 28.9 Å². The highest BCUT2D eigenvalue weighted by Crippen LogP contribution is 2.38. The number of hydrogen-bond acceptors (Lipinski definition) is 5. The van der Waals surface area contributed by atoms with Crippen LogP contribution in [0.3, 0.4) is 0 Å². The number of hydrogen-bond donors (Lipinski definition) is 0. The lowest BCUT2D eigenvalue weighted by molar-refractivity contribution is -0.137. The van der Waals surface area contributed by atoms with E-state index >= 15 is 0 Å². The van der Waals surface area contributed by atoms with Gasteiger partial charge in [0.15, 0.2) is 11.5 Å². The summed E-state index contributed by atoms with van der Waals surface area (Å²) in [6.07, 6.45) is -2.01. The highest BCUT2D eigenvalue weighted by Gasteiger charge is 2.33. The molecule has 0 saturated carbocycles. The van der Waals surface area contributed by atoms with Crippen molar-refractivity contribution < 1.29 is 31.4 Å². The van der Waals surface area contributed by atoms with Crippen LogP contribution in [0.2, 0.25) is 5.02 Å². The molecule has 0 amide bonds. The first-order valence-electron chi connectivity index (χ1n) is 8.51. The number of fused-ring (bicyclic) bond motifs is 1. The van der Waals surface area contributed by atoms with Crippen LogP contribution in [-0.2, 0) is 6.18 Å². The average Bonchev–Trinajstić information content (AvgIpc) is 3.14. The Morgan fingerprint density at radius 3 is 2.32 bits per heavy atom. The SMILES string of the molecule is FC(F)Oc1ccc(-c2nnc3cncc(Oc4ccc(Cl)c(C(F)(F)F)c4)n23)cc1. The second-order valence-corrected chi connectivity index (χ2v) is 6.51. The van der Waals surface area contributed by atoms with E-state index < -0.39 is 23.4 Å². The summed E-state index contributed by atoms with van der Waals surface area (Å²) in [6, 6.07) is 8.70. The van der Waals surface area contributed by atoms with Crippen molar-refractivity contribution in [1.29, 1.82) is 0 Å². The van der Waals surface area contributed by atoms with Crippen LogP contribution in [0.5, 0.6) is 17.4 Å². The molecule has 0 radical (unpaired) electrons. The lowest BCUT2D eigenvalue weighted by Gasteiger charge is -2.13. The summed E-state index contributed by atoms with van der Waals surface area (Å²) in [5.41, 5.74) is -0.326. The zero-order valence-corrected chi connectivity index (χ0v) is 15.9. The van der Waals surface area contributed by atoms with Crippen LogP contribution < -0.4 is 9.47 Å². The molecule has 2 aromatic carbocycles. The molecular formula is C19H10ClF5N4O2. The third-order valence-corrected chi connectivity index (χ3v) is 4.42. The Labute approximate surface area is 175 Å². The summed E-state index contributed by atoms with van der Waals surface area (Å²) >= 11 is 5.64. The van der Waals surface area contributed by atoms with E-state index in [1.54, 1.807) is 0 Å². The highest BCUT2D eigenvalue weighted by molar-refractivity contribution is 6.31. The molecular weight excluding hydrogens is 447 g/mol. The average molecular weight is 457 g/mol. The fourth-order valence-corrected chi connectivity index (χ4v) is 3.00. The van der Waals surface area contributed by atoms with E-state index in [2.05, 4.69) is 19.9 Å². The third kappa shape index (κ3) is 4.36. The molecule has 0 N–H and O–H groups in total. The predicted molar refractivity (Wildman–Crippen MR) is 99.4 cm³/mol. The standard InChI is InChI=1S/C19H10ClF5N4O2/c20-14-6-5-12(7-13(14)19(23,24)25)30-16-9-26-8-15-27-28-17(29(15)16)10-1-3-11(4-2-10)31-18(21)22/h1-9,18H. The van der Waals surface area contributed by atoms with Gasteiger partial charge in [0, 0.05) is 5.56 Å². The molecule has 2 aromatic heterocycles. The first kappa shape index (κ1) is 20.8. The van der Waals surface area contributed by atoms with Crippen LogP contribution in [0.15, 0.2) is 54.9 Å². The maximum absolute atomic E-state index is 13.1. The van der Waals surface area contributed by atoms with Gasteiger partial charge < -0.3 is 9.47 Å². The lowest BCUT2D eigenvalue weighted by atomic mass is 10.2. The van der Waals surface area contributed by atoms with Gasteiger partial charge in [-0.15, -0.1) is 10.2 Å². The Hall–Kier alpha value is -3.47. The Morgan fingerprint density at radius 2 is 1.65 bits per heavy atom. The molecule has 4 rings (SSSR count). The predicted octanol–water partition coefficient (Wildman–Crippen LogP) is 5.86. The second kappa shape index (κ2) is 7.99. The molecule has 4 aromatic rings. The molecule has 0 bridgehead atoms. The minimum atomic E-state index is -4.66. The fraction of sp³-hybridized carbons (Fsp3) is 0.105. The first-order chi connectivity index (χ1) is 14.7. The largest absolute Gasteiger partial charge is 0.439 e. The maximum Gasteiger partial charge on any atom is 0.417 e. The van der Waals surface area contributed by atoms with Gasteiger partial charge in [0.05, 0.1) is 23.0 Å². The van der Waals surface area contributed by atoms with Gasteiger partial charge >= 0.3 is 12.8 Å². The van der Waals surface area contributed by atoms with Crippen molar-refractivity contribution in [2.75, 3.05) is 0 Å². The summed E-state index contributed by atoms with van der Waals surface area (Å²) in [6.45, 7) is -2.97. The molecule has 31 heavy (non-hydrogen) atoms. The van der Waals surface area contributed by atoms with Gasteiger partial charge in [0.25, 0.3) is 0 Å². The van der Waals surface area contributed by atoms with Crippen LogP contribution in [0.4, 0.5) is 22.0 Å². The van der Waals surface area contributed by atoms with Crippen molar-refractivity contribution in [3.63, 3.8) is 0 Å². The minimum absolute atomic E-state index is 0.0286. The molecule has 160 valence electrons. The quantitative estimate of drug-likeness (QED) is 0.352. The maximum atomic E-state index is 13.1. The van der Waals surface area contributed by atoms with Gasteiger partial charge in [-0.1, -0.05) is 11.6 Å². The summed E-state index contributed by atoms with van der Waals surface area (Å²) in [5.74, 6) is 0.0970. The normalized spacial score (nSPS) is 11.8. The third-order valence-electron chi connectivity index (χ3n) is 4.09. The number of ether oxygens (including phenoxy) is 2. The zero-order chi connectivity index (χ0) is 22.2. The van der Waals surface area contributed by atoms with Gasteiger partial charge in [-0.3, -0.25) is 4.98 Å². The van der Waals surface area contributed by atoms with Crippen molar-refractivity contribution in [2.24, 2.45) is 0 Å². The Bertz CT molecular complexity index is 1230. The molecule has 0 aliphatic carbocycles. The van der Waals surface area contributed by atoms with E-state index in [0.29, 0.717) is 5.56 Å². The summed E-state index contributed by atoms with van der Waals surface area (Å²) < 4.78 is 75.4. The fourth-order valence-electron chi connectivity index (χ4n) is 2.77. The Balaban J connectivity index is 1.73. The molecule has 6 nitrogen and oxygen atoms in total. The van der Waals surface area contributed by atoms with Crippen molar-refractivity contribution in [1.82, 2.24) is 19.6 Å². The molecule has 0 aliphatic heterocycles. The van der Waals surface area contributed by atoms with Gasteiger partial charge in [-0.25, -0.2) is 4.40 Å². The Morgan fingerprint density at radius 1 is 0.935 bits per heavy atom. The number of benzene rings is 2. The number of aromatic nitrogens is 4. The molecule has 0 aliphatic rings. The van der Waals surface area contributed by atoms with E-state index in [9.17, 15) is 22.0 Å². The van der Waals surface area contributed by atoms with E-state index in [1.807, 2.05) is 0 Å². The lowest BCUT2D eigenvalue weighted by Crippen LogP contribution is -2.06. The van der Waals surface area contributed by atoms with Gasteiger partial charge in [-0.2, -0.15) is 22.0 Å². The summed E-state index contributed by atoms with van der Waals surface area (Å²) in [4.78, 5) is 3.95. The summed E-state index contributed by atoms with van der Waals surface area (Å²) in [5, 5.41) is 7.52. The minimum Gasteiger partial charge on any atom is -0.439 e. The van der Waals surface area contributed by atoms with Gasteiger partial charge in [-0.05, 0) is 42.5 Å². The van der Waals surface area contributed by atoms with Crippen LogP contribution >= 0.6 is 11.6 Å². The van der Waals surface area contributed by atoms with Crippen molar-refractivity contribution in [3.8, 4) is 28.8 Å². The molecule has 0 fully saturated rings. The van der Waals surface area contributed by atoms with Crippen molar-refractivity contribution in [3.05, 3.63) is 65.4 Å². The molecule has 0 spiro atoms. The molecule has 12 heteroatoms. The number of halogens is 6. The van der Waals surface area contributed by atoms with Gasteiger partial charge in [0.2, 0.25) is 5.88 Å². The van der Waals surface area contributed by atoms with E-state index in [4.69, 9.17) is 16.3 Å². The number of alkyl halides is 5. The molecule has 0 saturated heterocycles. The smallest absolute Gasteiger partial charge is 0.417 e. The Kier molecular flexibility index (Phi) is 5.36. The van der Waals surface area contributed by atoms with Gasteiger partial charge in [0.1, 0.15) is 11.5 Å². The first-order valence-corrected chi connectivity index (χ1v) is 8.89. The van der Waals surface area contributed by atoms with E-state index in [1.165, 1.54) is 47.1 Å². The van der Waals surface area contributed by atoms with Crippen LogP contribution in [0.1, 0.15) is 5.56 Å².